The minimum Gasteiger partial charge on any atom is -0.481 e. The molecule has 3 aromatic carbocycles. The van der Waals surface area contributed by atoms with Gasteiger partial charge in [0.05, 0.1) is 21.6 Å². The maximum absolute atomic E-state index is 13.7. The van der Waals surface area contributed by atoms with Crippen LogP contribution in [0.5, 0.6) is 5.75 Å². The Morgan fingerprint density at radius 1 is 1.22 bits per heavy atom. The van der Waals surface area contributed by atoms with E-state index in [0.717, 1.165) is 11.6 Å². The lowest BCUT2D eigenvalue weighted by molar-refractivity contribution is -0.139. The zero-order valence-corrected chi connectivity index (χ0v) is 18.5. The van der Waals surface area contributed by atoms with Gasteiger partial charge in [0.2, 0.25) is 0 Å². The number of halogens is 2. The van der Waals surface area contributed by atoms with Crippen LogP contribution in [-0.2, 0) is 22.3 Å². The number of ether oxygens (including phenoxy) is 1. The molecule has 0 amide bonds. The number of carboxylic acid groups (broad SMARTS) is 1. The van der Waals surface area contributed by atoms with Crippen LogP contribution in [-0.4, -0.2) is 33.2 Å². The molecule has 164 valence electrons. The van der Waals surface area contributed by atoms with Crippen molar-refractivity contribution in [2.75, 3.05) is 13.7 Å². The van der Waals surface area contributed by atoms with Gasteiger partial charge in [-0.05, 0) is 53.6 Å². The summed E-state index contributed by atoms with van der Waals surface area (Å²) in [6.45, 7) is -0.267. The normalized spacial score (nSPS) is 11.7. The molecule has 0 aliphatic rings. The SMILES string of the molecule is CN(Cc1ccc(OCC(=O)O)c(-c2cccc(C#N)c2)c1)S(=O)c1ccc(Cl)c(F)c1. The van der Waals surface area contributed by atoms with E-state index in [4.69, 9.17) is 21.4 Å². The Bertz CT molecular complexity index is 1230. The summed E-state index contributed by atoms with van der Waals surface area (Å²) in [6, 6.07) is 18.0. The van der Waals surface area contributed by atoms with E-state index in [-0.39, 0.29) is 16.5 Å². The van der Waals surface area contributed by atoms with Crippen molar-refractivity contribution in [2.45, 2.75) is 11.4 Å². The Morgan fingerprint density at radius 3 is 2.69 bits per heavy atom. The summed E-state index contributed by atoms with van der Waals surface area (Å²) in [5.74, 6) is -1.42. The number of carbonyl (C=O) groups is 1. The van der Waals surface area contributed by atoms with Crippen molar-refractivity contribution >= 4 is 28.6 Å². The Kier molecular flexibility index (Phi) is 7.59. The van der Waals surface area contributed by atoms with Gasteiger partial charge >= 0.3 is 5.97 Å². The van der Waals surface area contributed by atoms with Gasteiger partial charge in [-0.1, -0.05) is 29.8 Å². The van der Waals surface area contributed by atoms with Gasteiger partial charge in [0.1, 0.15) is 22.6 Å². The molecule has 0 radical (unpaired) electrons. The van der Waals surface area contributed by atoms with Gasteiger partial charge < -0.3 is 9.84 Å². The molecule has 0 fully saturated rings. The Hall–Kier alpha value is -3.25. The fraction of sp³-hybridized carbons (Fsp3) is 0.130. The van der Waals surface area contributed by atoms with E-state index in [1.54, 1.807) is 49.5 Å². The van der Waals surface area contributed by atoms with Crippen LogP contribution in [0.25, 0.3) is 11.1 Å². The molecule has 0 spiro atoms. The lowest BCUT2D eigenvalue weighted by Crippen LogP contribution is -2.21. The van der Waals surface area contributed by atoms with Crippen LogP contribution in [0, 0.1) is 17.1 Å². The van der Waals surface area contributed by atoms with Crippen LogP contribution in [0.4, 0.5) is 4.39 Å². The van der Waals surface area contributed by atoms with Crippen molar-refractivity contribution in [3.63, 3.8) is 0 Å². The second kappa shape index (κ2) is 10.4. The zero-order valence-electron chi connectivity index (χ0n) is 16.9. The van der Waals surface area contributed by atoms with E-state index in [0.29, 0.717) is 22.4 Å². The summed E-state index contributed by atoms with van der Waals surface area (Å²) in [4.78, 5) is 11.2. The van der Waals surface area contributed by atoms with Gasteiger partial charge in [-0.3, -0.25) is 0 Å². The fourth-order valence-corrected chi connectivity index (χ4v) is 4.14. The third-order valence-corrected chi connectivity index (χ3v) is 6.14. The largest absolute Gasteiger partial charge is 0.481 e. The molecule has 0 aliphatic heterocycles. The van der Waals surface area contributed by atoms with Crippen LogP contribution in [0.1, 0.15) is 11.1 Å². The average Bonchev–Trinajstić information content (AvgIpc) is 2.79. The van der Waals surface area contributed by atoms with E-state index in [1.165, 1.54) is 16.4 Å². The van der Waals surface area contributed by atoms with Crippen LogP contribution in [0.3, 0.4) is 0 Å². The average molecular weight is 473 g/mol. The van der Waals surface area contributed by atoms with E-state index < -0.39 is 29.4 Å². The molecular formula is C23H18ClFN2O4S. The first-order chi connectivity index (χ1) is 15.3. The fourth-order valence-electron chi connectivity index (χ4n) is 3.00. The van der Waals surface area contributed by atoms with Crippen molar-refractivity contribution in [1.82, 2.24) is 4.31 Å². The first kappa shape index (κ1) is 23.4. The molecule has 0 heterocycles. The van der Waals surface area contributed by atoms with E-state index >= 15 is 0 Å². The third kappa shape index (κ3) is 5.71. The van der Waals surface area contributed by atoms with E-state index in [1.807, 2.05) is 0 Å². The highest BCUT2D eigenvalue weighted by Crippen LogP contribution is 2.32. The number of hydrogen-bond acceptors (Lipinski definition) is 4. The lowest BCUT2D eigenvalue weighted by atomic mass is 10.00. The standard InChI is InChI=1S/C23H18ClFN2O4S/c1-27(32(30)18-6-7-20(24)21(25)11-18)13-16-5-8-22(31-14-23(28)29)19(10-16)17-4-2-3-15(9-17)12-26/h2-11H,13-14H2,1H3,(H,28,29). The molecule has 1 unspecified atom stereocenters. The minimum absolute atomic E-state index is 0.0467. The number of nitrogens with zero attached hydrogens (tertiary/aromatic N) is 2. The molecule has 0 aromatic heterocycles. The van der Waals surface area contributed by atoms with Gasteiger partial charge in [0.25, 0.3) is 0 Å². The van der Waals surface area contributed by atoms with Gasteiger partial charge in [-0.25, -0.2) is 17.7 Å². The molecular weight excluding hydrogens is 455 g/mol. The van der Waals surface area contributed by atoms with Crippen LogP contribution < -0.4 is 4.74 Å². The second-order valence-electron chi connectivity index (χ2n) is 6.82. The third-order valence-electron chi connectivity index (χ3n) is 4.48. The molecule has 0 aliphatic carbocycles. The number of hydrogen-bond donors (Lipinski definition) is 1. The molecule has 3 rings (SSSR count). The van der Waals surface area contributed by atoms with Crippen LogP contribution in [0.15, 0.2) is 65.6 Å². The molecule has 0 saturated carbocycles. The summed E-state index contributed by atoms with van der Waals surface area (Å²) in [5.41, 5.74) is 2.47. The van der Waals surface area contributed by atoms with E-state index in [9.17, 15) is 18.7 Å². The predicted octanol–water partition coefficient (Wildman–Crippen LogP) is 4.64. The highest BCUT2D eigenvalue weighted by atomic mass is 35.5. The topological polar surface area (TPSA) is 90.6 Å². The molecule has 1 atom stereocenters. The van der Waals surface area contributed by atoms with Crippen molar-refractivity contribution in [1.29, 1.82) is 5.26 Å². The first-order valence-electron chi connectivity index (χ1n) is 9.34. The van der Waals surface area contributed by atoms with Gasteiger partial charge in [-0.2, -0.15) is 5.26 Å². The lowest BCUT2D eigenvalue weighted by Gasteiger charge is -2.18. The maximum atomic E-state index is 13.7. The number of nitriles is 1. The van der Waals surface area contributed by atoms with Crippen molar-refractivity contribution in [3.05, 3.63) is 82.6 Å². The minimum atomic E-state index is -1.64. The Labute approximate surface area is 192 Å². The number of benzene rings is 3. The Balaban J connectivity index is 1.91. The smallest absolute Gasteiger partial charge is 0.341 e. The first-order valence-corrected chi connectivity index (χ1v) is 10.8. The summed E-state index contributed by atoms with van der Waals surface area (Å²) >= 11 is 5.70. The molecule has 0 saturated heterocycles. The number of carboxylic acids is 1. The predicted molar refractivity (Wildman–Crippen MR) is 119 cm³/mol. The van der Waals surface area contributed by atoms with Crippen LogP contribution in [0.2, 0.25) is 5.02 Å². The highest BCUT2D eigenvalue weighted by molar-refractivity contribution is 7.82. The maximum Gasteiger partial charge on any atom is 0.341 e. The molecule has 32 heavy (non-hydrogen) atoms. The molecule has 3 aromatic rings. The van der Waals surface area contributed by atoms with Gasteiger partial charge in [0.15, 0.2) is 6.61 Å². The Morgan fingerprint density at radius 2 is 2.00 bits per heavy atom. The molecule has 6 nitrogen and oxygen atoms in total. The molecule has 9 heteroatoms. The highest BCUT2D eigenvalue weighted by Gasteiger charge is 2.16. The number of rotatable bonds is 8. The van der Waals surface area contributed by atoms with Crippen LogP contribution >= 0.6 is 11.6 Å². The summed E-state index contributed by atoms with van der Waals surface area (Å²) < 4.78 is 33.5. The summed E-state index contributed by atoms with van der Waals surface area (Å²) in [6.07, 6.45) is 0. The quantitative estimate of drug-likeness (QED) is 0.516. The second-order valence-corrected chi connectivity index (χ2v) is 8.82. The zero-order chi connectivity index (χ0) is 23.3. The number of aliphatic carboxylic acids is 1. The molecule has 1 N–H and O–H groups in total. The molecule has 0 bridgehead atoms. The van der Waals surface area contributed by atoms with Crippen molar-refractivity contribution < 1.29 is 23.2 Å². The monoisotopic (exact) mass is 472 g/mol. The van der Waals surface area contributed by atoms with E-state index in [2.05, 4.69) is 6.07 Å². The van der Waals surface area contributed by atoms with Crippen molar-refractivity contribution in [2.24, 2.45) is 0 Å². The van der Waals surface area contributed by atoms with Gasteiger partial charge in [-0.15, -0.1) is 0 Å². The van der Waals surface area contributed by atoms with Gasteiger partial charge in [0, 0.05) is 19.2 Å². The van der Waals surface area contributed by atoms with Crippen molar-refractivity contribution in [3.8, 4) is 22.9 Å². The summed E-state index contributed by atoms with van der Waals surface area (Å²) in [7, 11) is -0.00327. The summed E-state index contributed by atoms with van der Waals surface area (Å²) in [5, 5.41) is 18.1.